The lowest BCUT2D eigenvalue weighted by molar-refractivity contribution is 0.285. The van der Waals surface area contributed by atoms with Crippen LogP contribution in [0, 0.1) is 6.92 Å². The number of aromatic nitrogens is 3. The summed E-state index contributed by atoms with van der Waals surface area (Å²) in [6.45, 7) is 6.53. The number of hydrogen-bond donors (Lipinski definition) is 1. The van der Waals surface area contributed by atoms with Crippen LogP contribution >= 0.6 is 0 Å². The Morgan fingerprint density at radius 1 is 1.33 bits per heavy atom. The molecule has 0 aliphatic rings. The molecule has 0 unspecified atom stereocenters. The maximum Gasteiger partial charge on any atom is 0.171 e. The van der Waals surface area contributed by atoms with E-state index in [1.54, 1.807) is 6.07 Å². The summed E-state index contributed by atoms with van der Waals surface area (Å²) < 4.78 is 7.74. The normalized spacial score (nSPS) is 10.9. The van der Waals surface area contributed by atoms with Gasteiger partial charge in [0.15, 0.2) is 5.82 Å². The van der Waals surface area contributed by atoms with Crippen molar-refractivity contribution in [3.63, 3.8) is 0 Å². The maximum absolute atomic E-state index is 5.70. The monoisotopic (exact) mass is 246 g/mol. The van der Waals surface area contributed by atoms with E-state index in [1.165, 1.54) is 0 Å². The molecule has 0 bridgehead atoms. The highest BCUT2D eigenvalue weighted by molar-refractivity contribution is 5.43. The van der Waals surface area contributed by atoms with Gasteiger partial charge in [0.2, 0.25) is 0 Å². The minimum Gasteiger partial charge on any atom is -0.486 e. The van der Waals surface area contributed by atoms with E-state index in [9.17, 15) is 0 Å². The highest BCUT2D eigenvalue weighted by atomic mass is 16.5. The zero-order valence-electron chi connectivity index (χ0n) is 10.9. The van der Waals surface area contributed by atoms with Gasteiger partial charge in [-0.15, -0.1) is 10.2 Å². The number of nitrogens with two attached hydrogens (primary N) is 1. The quantitative estimate of drug-likeness (QED) is 0.841. The molecule has 0 atom stereocenters. The van der Waals surface area contributed by atoms with Crippen molar-refractivity contribution in [2.75, 3.05) is 5.73 Å². The smallest absolute Gasteiger partial charge is 0.171 e. The first-order valence-corrected chi connectivity index (χ1v) is 5.96. The van der Waals surface area contributed by atoms with Gasteiger partial charge in [-0.3, -0.25) is 0 Å². The van der Waals surface area contributed by atoms with Gasteiger partial charge in [-0.05, 0) is 32.9 Å². The van der Waals surface area contributed by atoms with Gasteiger partial charge in [-0.25, -0.2) is 0 Å². The number of anilines is 1. The predicted octanol–water partition coefficient (Wildman–Crippen LogP) is 2.33. The number of rotatable bonds is 4. The molecule has 0 spiro atoms. The van der Waals surface area contributed by atoms with E-state index in [1.807, 2.05) is 25.1 Å². The molecule has 2 aromatic rings. The van der Waals surface area contributed by atoms with Crippen LogP contribution in [0.4, 0.5) is 5.69 Å². The fraction of sp³-hybridized carbons (Fsp3) is 0.385. The van der Waals surface area contributed by atoms with Gasteiger partial charge in [0.25, 0.3) is 0 Å². The number of ether oxygens (including phenoxy) is 1. The molecule has 0 saturated heterocycles. The lowest BCUT2D eigenvalue weighted by Gasteiger charge is -2.13. The summed E-state index contributed by atoms with van der Waals surface area (Å²) in [7, 11) is 0. The molecule has 1 aromatic heterocycles. The van der Waals surface area contributed by atoms with Crippen molar-refractivity contribution < 1.29 is 4.74 Å². The molecular formula is C13H18N4O. The van der Waals surface area contributed by atoms with Crippen molar-refractivity contribution in [3.8, 4) is 5.75 Å². The molecule has 18 heavy (non-hydrogen) atoms. The van der Waals surface area contributed by atoms with E-state index in [2.05, 4.69) is 28.6 Å². The first kappa shape index (κ1) is 12.4. The highest BCUT2D eigenvalue weighted by Crippen LogP contribution is 2.17. The summed E-state index contributed by atoms with van der Waals surface area (Å²) >= 11 is 0. The zero-order chi connectivity index (χ0) is 13.1. The Labute approximate surface area is 107 Å². The van der Waals surface area contributed by atoms with E-state index < -0.39 is 0 Å². The fourth-order valence-electron chi connectivity index (χ4n) is 1.94. The minimum atomic E-state index is 0.319. The van der Waals surface area contributed by atoms with Crippen LogP contribution < -0.4 is 10.5 Å². The molecule has 0 saturated carbocycles. The van der Waals surface area contributed by atoms with Gasteiger partial charge in [0.05, 0.1) is 0 Å². The molecule has 2 rings (SSSR count). The van der Waals surface area contributed by atoms with Gasteiger partial charge >= 0.3 is 0 Å². The van der Waals surface area contributed by atoms with Crippen LogP contribution in [0.2, 0.25) is 0 Å². The zero-order valence-corrected chi connectivity index (χ0v) is 10.9. The van der Waals surface area contributed by atoms with E-state index in [0.717, 1.165) is 17.4 Å². The highest BCUT2D eigenvalue weighted by Gasteiger charge is 2.11. The largest absolute Gasteiger partial charge is 0.486 e. The Bertz CT molecular complexity index is 534. The second-order valence-corrected chi connectivity index (χ2v) is 4.49. The third-order valence-electron chi connectivity index (χ3n) is 2.68. The summed E-state index contributed by atoms with van der Waals surface area (Å²) in [6, 6.07) is 7.68. The van der Waals surface area contributed by atoms with Crippen LogP contribution in [0.15, 0.2) is 24.3 Å². The molecule has 0 fully saturated rings. The van der Waals surface area contributed by atoms with Gasteiger partial charge in [-0.1, -0.05) is 6.07 Å². The van der Waals surface area contributed by atoms with Crippen LogP contribution in [0.3, 0.4) is 0 Å². The van der Waals surface area contributed by atoms with Gasteiger partial charge in [-0.2, -0.15) is 0 Å². The SMILES string of the molecule is Cc1nnc(COc2cccc(N)c2)n1C(C)C. The second-order valence-electron chi connectivity index (χ2n) is 4.49. The van der Waals surface area contributed by atoms with Crippen molar-refractivity contribution >= 4 is 5.69 Å². The molecular weight excluding hydrogens is 228 g/mol. The molecule has 96 valence electrons. The Morgan fingerprint density at radius 3 is 2.78 bits per heavy atom. The van der Waals surface area contributed by atoms with Crippen molar-refractivity contribution in [3.05, 3.63) is 35.9 Å². The van der Waals surface area contributed by atoms with Crippen LogP contribution in [0.1, 0.15) is 31.5 Å². The number of nitrogens with zero attached hydrogens (tertiary/aromatic N) is 3. The van der Waals surface area contributed by atoms with Gasteiger partial charge in [0.1, 0.15) is 18.2 Å². The third kappa shape index (κ3) is 2.61. The van der Waals surface area contributed by atoms with E-state index in [0.29, 0.717) is 18.3 Å². The van der Waals surface area contributed by atoms with Crippen LogP contribution in [-0.4, -0.2) is 14.8 Å². The molecule has 2 N–H and O–H groups in total. The van der Waals surface area contributed by atoms with Gasteiger partial charge in [0, 0.05) is 17.8 Å². The van der Waals surface area contributed by atoms with Crippen LogP contribution in [0.5, 0.6) is 5.75 Å². The number of nitrogen functional groups attached to an aromatic ring is 1. The molecule has 0 aliphatic carbocycles. The number of aryl methyl sites for hydroxylation is 1. The topological polar surface area (TPSA) is 66.0 Å². The van der Waals surface area contributed by atoms with Crippen LogP contribution in [-0.2, 0) is 6.61 Å². The van der Waals surface area contributed by atoms with E-state index >= 15 is 0 Å². The lowest BCUT2D eigenvalue weighted by Crippen LogP contribution is -2.10. The standard InChI is InChI=1S/C13H18N4O/c1-9(2)17-10(3)15-16-13(17)8-18-12-6-4-5-11(14)7-12/h4-7,9H,8,14H2,1-3H3. The Kier molecular flexibility index (Phi) is 3.50. The maximum atomic E-state index is 5.70. The van der Waals surface area contributed by atoms with Crippen LogP contribution in [0.25, 0.3) is 0 Å². The molecule has 5 heteroatoms. The van der Waals surface area contributed by atoms with Crippen molar-refractivity contribution in [1.29, 1.82) is 0 Å². The molecule has 1 heterocycles. The average Bonchev–Trinajstić information content (AvgIpc) is 2.68. The third-order valence-corrected chi connectivity index (χ3v) is 2.68. The Balaban J connectivity index is 2.11. The summed E-state index contributed by atoms with van der Waals surface area (Å²) in [6.07, 6.45) is 0. The fourth-order valence-corrected chi connectivity index (χ4v) is 1.94. The minimum absolute atomic E-state index is 0.319. The molecule has 0 radical (unpaired) electrons. The van der Waals surface area contributed by atoms with Crippen molar-refractivity contribution in [2.45, 2.75) is 33.4 Å². The number of hydrogen-bond acceptors (Lipinski definition) is 4. The predicted molar refractivity (Wildman–Crippen MR) is 70.3 cm³/mol. The molecule has 0 aliphatic heterocycles. The molecule has 1 aromatic carbocycles. The summed E-state index contributed by atoms with van der Waals surface area (Å²) in [5.41, 5.74) is 6.39. The summed E-state index contributed by atoms with van der Waals surface area (Å²) in [5, 5.41) is 8.21. The van der Waals surface area contributed by atoms with E-state index in [-0.39, 0.29) is 0 Å². The van der Waals surface area contributed by atoms with Crippen molar-refractivity contribution in [2.24, 2.45) is 0 Å². The first-order valence-electron chi connectivity index (χ1n) is 5.96. The van der Waals surface area contributed by atoms with Gasteiger partial charge < -0.3 is 15.0 Å². The Morgan fingerprint density at radius 2 is 2.11 bits per heavy atom. The molecule has 0 amide bonds. The Hall–Kier alpha value is -2.04. The second kappa shape index (κ2) is 5.08. The lowest BCUT2D eigenvalue weighted by atomic mass is 10.3. The first-order chi connectivity index (χ1) is 8.58. The average molecular weight is 246 g/mol. The number of benzene rings is 1. The van der Waals surface area contributed by atoms with Crippen molar-refractivity contribution in [1.82, 2.24) is 14.8 Å². The molecule has 5 nitrogen and oxygen atoms in total. The summed E-state index contributed by atoms with van der Waals surface area (Å²) in [5.74, 6) is 2.46. The summed E-state index contributed by atoms with van der Waals surface area (Å²) in [4.78, 5) is 0. The van der Waals surface area contributed by atoms with E-state index in [4.69, 9.17) is 10.5 Å².